The van der Waals surface area contributed by atoms with Crippen molar-refractivity contribution in [1.82, 2.24) is 19.7 Å². The summed E-state index contributed by atoms with van der Waals surface area (Å²) in [7, 11) is 0. The number of carbonyl (C=O) groups is 1. The van der Waals surface area contributed by atoms with Crippen LogP contribution < -0.4 is 15.0 Å². The first-order chi connectivity index (χ1) is 13.6. The Balaban J connectivity index is 1.60. The molecule has 28 heavy (non-hydrogen) atoms. The molecule has 0 aliphatic rings. The molecule has 0 spiro atoms. The molecule has 9 heteroatoms. The monoisotopic (exact) mass is 378 g/mol. The average Bonchev–Trinajstić information content (AvgIpc) is 3.15. The Labute approximate surface area is 157 Å². The number of aromatic nitrogens is 4. The van der Waals surface area contributed by atoms with Crippen LogP contribution in [0, 0.1) is 0 Å². The van der Waals surface area contributed by atoms with Crippen LogP contribution in [0.5, 0.6) is 11.5 Å². The Kier molecular flexibility index (Phi) is 4.47. The van der Waals surface area contributed by atoms with Crippen LogP contribution in [0.25, 0.3) is 16.9 Å². The van der Waals surface area contributed by atoms with E-state index in [0.717, 1.165) is 11.3 Å². The zero-order valence-electron chi connectivity index (χ0n) is 14.4. The first kappa shape index (κ1) is 17.3. The van der Waals surface area contributed by atoms with Gasteiger partial charge in [0, 0.05) is 0 Å². The lowest BCUT2D eigenvalue weighted by Crippen LogP contribution is -2.14. The molecule has 0 bridgehead atoms. The van der Waals surface area contributed by atoms with E-state index in [1.165, 1.54) is 17.1 Å². The van der Waals surface area contributed by atoms with Gasteiger partial charge in [-0.2, -0.15) is 5.10 Å². The van der Waals surface area contributed by atoms with Crippen molar-refractivity contribution in [1.29, 1.82) is 0 Å². The van der Waals surface area contributed by atoms with Crippen LogP contribution in [-0.2, 0) is 6.61 Å². The van der Waals surface area contributed by atoms with E-state index in [1.54, 1.807) is 12.1 Å². The number of carboxylic acid groups (broad SMARTS) is 1. The quantitative estimate of drug-likeness (QED) is 0.512. The number of hydrogen-bond donors (Lipinski definition) is 2. The summed E-state index contributed by atoms with van der Waals surface area (Å²) in [6.07, 6.45) is 1.06. The van der Waals surface area contributed by atoms with E-state index < -0.39 is 6.16 Å². The molecule has 2 aromatic carbocycles. The van der Waals surface area contributed by atoms with E-state index >= 15 is 0 Å². The molecule has 4 aromatic rings. The summed E-state index contributed by atoms with van der Waals surface area (Å²) in [5.74, 6) is 0.901. The lowest BCUT2D eigenvalue weighted by Gasteiger charge is -2.07. The zero-order valence-corrected chi connectivity index (χ0v) is 14.4. The van der Waals surface area contributed by atoms with E-state index in [9.17, 15) is 9.59 Å². The predicted octanol–water partition coefficient (Wildman–Crippen LogP) is 2.74. The minimum absolute atomic E-state index is 0.0173. The smallest absolute Gasteiger partial charge is 0.489 e. The van der Waals surface area contributed by atoms with Crippen molar-refractivity contribution in [2.45, 2.75) is 6.61 Å². The highest BCUT2D eigenvalue weighted by Gasteiger charge is 2.10. The normalized spacial score (nSPS) is 10.7. The van der Waals surface area contributed by atoms with E-state index in [1.807, 2.05) is 36.4 Å². The molecule has 0 radical (unpaired) electrons. The van der Waals surface area contributed by atoms with Gasteiger partial charge in [0.05, 0.1) is 23.3 Å². The van der Waals surface area contributed by atoms with Crippen LogP contribution >= 0.6 is 0 Å². The second kappa shape index (κ2) is 7.23. The van der Waals surface area contributed by atoms with E-state index in [2.05, 4.69) is 19.8 Å². The minimum atomic E-state index is -1.45. The van der Waals surface area contributed by atoms with Gasteiger partial charge in [0.15, 0.2) is 5.75 Å². The van der Waals surface area contributed by atoms with Gasteiger partial charge in [-0.25, -0.2) is 14.5 Å². The van der Waals surface area contributed by atoms with Crippen LogP contribution in [0.1, 0.15) is 5.56 Å². The van der Waals surface area contributed by atoms with Crippen LogP contribution in [0.2, 0.25) is 0 Å². The maximum Gasteiger partial charge on any atom is 0.511 e. The third-order valence-corrected chi connectivity index (χ3v) is 3.89. The molecular formula is C19H14N4O5. The summed E-state index contributed by atoms with van der Waals surface area (Å²) in [4.78, 5) is 30.0. The molecule has 0 aliphatic carbocycles. The molecule has 0 unspecified atom stereocenters. The fraction of sp³-hybridized carbons (Fsp3) is 0.0526. The molecule has 2 heterocycles. The number of H-pyrrole nitrogens is 1. The number of nitrogens with one attached hydrogen (secondary N) is 1. The summed E-state index contributed by atoms with van der Waals surface area (Å²) >= 11 is 0. The average molecular weight is 378 g/mol. The molecule has 0 atom stereocenters. The van der Waals surface area contributed by atoms with Gasteiger partial charge in [0.2, 0.25) is 5.95 Å². The Morgan fingerprint density at radius 2 is 1.96 bits per heavy atom. The molecule has 140 valence electrons. The number of para-hydroxylation sites is 1. The van der Waals surface area contributed by atoms with Crippen molar-refractivity contribution in [3.8, 4) is 17.4 Å². The first-order valence-corrected chi connectivity index (χ1v) is 8.25. The lowest BCUT2D eigenvalue weighted by atomic mass is 10.1. The molecule has 9 nitrogen and oxygen atoms in total. The van der Waals surface area contributed by atoms with Crippen molar-refractivity contribution in [3.63, 3.8) is 0 Å². The van der Waals surface area contributed by atoms with Crippen molar-refractivity contribution >= 4 is 17.1 Å². The molecule has 0 aliphatic heterocycles. The fourth-order valence-corrected chi connectivity index (χ4v) is 2.63. The van der Waals surface area contributed by atoms with Gasteiger partial charge in [0.25, 0.3) is 5.56 Å². The Bertz CT molecular complexity index is 1200. The number of nitrogens with zero attached hydrogens (tertiary/aromatic N) is 3. The third kappa shape index (κ3) is 3.68. The summed E-state index contributed by atoms with van der Waals surface area (Å²) in [6, 6.07) is 14.6. The molecule has 2 aromatic heterocycles. The fourth-order valence-electron chi connectivity index (χ4n) is 2.63. The van der Waals surface area contributed by atoms with Crippen LogP contribution in [0.15, 0.2) is 65.7 Å². The van der Waals surface area contributed by atoms with E-state index in [0.29, 0.717) is 17.5 Å². The Hall–Kier alpha value is -4.14. The van der Waals surface area contributed by atoms with Crippen molar-refractivity contribution in [2.75, 3.05) is 0 Å². The first-order valence-electron chi connectivity index (χ1n) is 8.25. The van der Waals surface area contributed by atoms with E-state index in [-0.39, 0.29) is 17.3 Å². The van der Waals surface area contributed by atoms with Crippen molar-refractivity contribution in [2.24, 2.45) is 0 Å². The van der Waals surface area contributed by atoms with E-state index in [4.69, 9.17) is 9.84 Å². The maximum atomic E-state index is 12.5. The minimum Gasteiger partial charge on any atom is -0.489 e. The zero-order chi connectivity index (χ0) is 19.5. The van der Waals surface area contributed by atoms with Gasteiger partial charge in [-0.3, -0.25) is 9.78 Å². The van der Waals surface area contributed by atoms with Crippen molar-refractivity contribution in [3.05, 3.63) is 76.8 Å². The Morgan fingerprint density at radius 3 is 2.75 bits per heavy atom. The second-order valence-electron chi connectivity index (χ2n) is 5.83. The molecule has 0 fully saturated rings. The van der Waals surface area contributed by atoms with Crippen LogP contribution in [-0.4, -0.2) is 31.0 Å². The predicted molar refractivity (Wildman–Crippen MR) is 98.9 cm³/mol. The number of benzene rings is 2. The number of ether oxygens (including phenoxy) is 2. The molecule has 2 N–H and O–H groups in total. The van der Waals surface area contributed by atoms with Crippen molar-refractivity contribution < 1.29 is 19.4 Å². The second-order valence-corrected chi connectivity index (χ2v) is 5.83. The van der Waals surface area contributed by atoms with Crippen LogP contribution in [0.3, 0.4) is 0 Å². The van der Waals surface area contributed by atoms with Crippen LogP contribution in [0.4, 0.5) is 4.79 Å². The summed E-state index contributed by atoms with van der Waals surface area (Å²) < 4.78 is 11.4. The third-order valence-electron chi connectivity index (χ3n) is 3.89. The largest absolute Gasteiger partial charge is 0.511 e. The van der Waals surface area contributed by atoms with Gasteiger partial charge in [-0.1, -0.05) is 24.3 Å². The highest BCUT2D eigenvalue weighted by atomic mass is 16.7. The summed E-state index contributed by atoms with van der Waals surface area (Å²) in [5, 5.41) is 13.0. The Morgan fingerprint density at radius 1 is 1.14 bits per heavy atom. The highest BCUT2D eigenvalue weighted by molar-refractivity contribution is 5.78. The van der Waals surface area contributed by atoms with Gasteiger partial charge in [0.1, 0.15) is 12.4 Å². The summed E-state index contributed by atoms with van der Waals surface area (Å²) in [6.45, 7) is 0.316. The van der Waals surface area contributed by atoms with Gasteiger partial charge in [-0.05, 0) is 29.8 Å². The summed E-state index contributed by atoms with van der Waals surface area (Å²) in [5.41, 5.74) is 0.948. The molecule has 0 saturated heterocycles. The van der Waals surface area contributed by atoms with Gasteiger partial charge < -0.3 is 14.6 Å². The molecule has 4 rings (SSSR count). The SMILES string of the molecule is O=C(O)Oc1cnn(-c2nc3ccc(COc4ccccc4)cc3c(=O)[nH]2)c1. The molecule has 0 saturated carbocycles. The van der Waals surface area contributed by atoms with Gasteiger partial charge >= 0.3 is 6.16 Å². The highest BCUT2D eigenvalue weighted by Crippen LogP contribution is 2.16. The molecule has 0 amide bonds. The maximum absolute atomic E-state index is 12.5. The number of hydrogen-bond acceptors (Lipinski definition) is 6. The number of rotatable bonds is 5. The number of fused-ring (bicyclic) bond motifs is 1. The standard InChI is InChI=1S/C19H14N4O5/c24-17-15-8-12(11-27-13-4-2-1-3-5-13)6-7-16(15)21-18(22-17)23-10-14(9-20-23)28-19(25)26/h1-10H,11H2,(H,25,26)(H,21,22,24). The topological polar surface area (TPSA) is 119 Å². The number of aromatic amines is 1. The molecular weight excluding hydrogens is 364 g/mol. The van der Waals surface area contributed by atoms with Gasteiger partial charge in [-0.15, -0.1) is 0 Å². The lowest BCUT2D eigenvalue weighted by molar-refractivity contribution is 0.144.